The van der Waals surface area contributed by atoms with Gasteiger partial charge < -0.3 is 10.1 Å². The zero-order valence-corrected chi connectivity index (χ0v) is 20.6. The molecule has 1 saturated heterocycles. The van der Waals surface area contributed by atoms with E-state index in [-0.39, 0.29) is 0 Å². The Balaban J connectivity index is 1.20. The molecule has 36 heavy (non-hydrogen) atoms. The Labute approximate surface area is 211 Å². The Bertz CT molecular complexity index is 1330. The van der Waals surface area contributed by atoms with Crippen molar-refractivity contribution in [3.63, 3.8) is 0 Å². The van der Waals surface area contributed by atoms with E-state index in [1.54, 1.807) is 12.4 Å². The fraction of sp³-hybridized carbons (Fsp3) is 0.357. The van der Waals surface area contributed by atoms with Gasteiger partial charge in [-0.1, -0.05) is 6.07 Å². The lowest BCUT2D eigenvalue weighted by Crippen LogP contribution is -2.36. The van der Waals surface area contributed by atoms with Gasteiger partial charge in [-0.3, -0.25) is 14.6 Å². The fourth-order valence-corrected chi connectivity index (χ4v) is 5.11. The van der Waals surface area contributed by atoms with E-state index in [4.69, 9.17) is 14.8 Å². The number of pyridine rings is 1. The predicted octanol–water partition coefficient (Wildman–Crippen LogP) is 4.70. The number of anilines is 2. The minimum Gasteiger partial charge on any atom is -0.377 e. The summed E-state index contributed by atoms with van der Waals surface area (Å²) in [6, 6.07) is 12.5. The number of aromatic nitrogens is 5. The number of hydrogen-bond acceptors (Lipinski definition) is 7. The highest BCUT2D eigenvalue weighted by atomic mass is 16.5. The molecule has 8 nitrogen and oxygen atoms in total. The summed E-state index contributed by atoms with van der Waals surface area (Å²) in [6.45, 7) is 6.87. The molecule has 1 aromatic carbocycles. The van der Waals surface area contributed by atoms with Crippen LogP contribution in [-0.2, 0) is 24.2 Å². The smallest absolute Gasteiger partial charge is 0.227 e. The monoisotopic (exact) mass is 481 g/mol. The van der Waals surface area contributed by atoms with Gasteiger partial charge in [0.1, 0.15) is 5.69 Å². The Kier molecular flexibility index (Phi) is 6.44. The molecule has 1 unspecified atom stereocenters. The van der Waals surface area contributed by atoms with Crippen molar-refractivity contribution in [2.24, 2.45) is 0 Å². The quantitative estimate of drug-likeness (QED) is 0.410. The molecule has 6 rings (SSSR count). The van der Waals surface area contributed by atoms with Gasteiger partial charge in [0.05, 0.1) is 11.8 Å². The van der Waals surface area contributed by atoms with Gasteiger partial charge >= 0.3 is 0 Å². The molecule has 0 saturated carbocycles. The third-order valence-corrected chi connectivity index (χ3v) is 6.99. The molecular formula is C28H31N7O. The van der Waals surface area contributed by atoms with E-state index in [9.17, 15) is 0 Å². The van der Waals surface area contributed by atoms with Crippen LogP contribution in [0.4, 0.5) is 11.6 Å². The predicted molar refractivity (Wildman–Crippen MR) is 140 cm³/mol. The van der Waals surface area contributed by atoms with Crippen LogP contribution >= 0.6 is 0 Å². The first-order valence-corrected chi connectivity index (χ1v) is 12.8. The van der Waals surface area contributed by atoms with Crippen molar-refractivity contribution >= 4 is 11.6 Å². The van der Waals surface area contributed by atoms with Crippen LogP contribution in [0.2, 0.25) is 0 Å². The van der Waals surface area contributed by atoms with E-state index in [0.29, 0.717) is 12.1 Å². The zero-order chi connectivity index (χ0) is 24.3. The number of aryl methyl sites for hydroxylation is 1. The SMILES string of the molecule is CCn1cc(-c2ccnc(Nc3ccc4c(c3)CCN(CC3CCCO3)C4)n2)c(-c2cccnc2)n1. The van der Waals surface area contributed by atoms with E-state index in [1.165, 1.54) is 24.0 Å². The summed E-state index contributed by atoms with van der Waals surface area (Å²) in [6.07, 6.45) is 11.3. The molecule has 0 aliphatic carbocycles. The number of hydrogen-bond donors (Lipinski definition) is 1. The van der Waals surface area contributed by atoms with Gasteiger partial charge in [-0.15, -0.1) is 0 Å². The van der Waals surface area contributed by atoms with Crippen molar-refractivity contribution in [3.05, 3.63) is 72.3 Å². The Hall–Kier alpha value is -3.62. The molecule has 2 aliphatic heterocycles. The minimum absolute atomic E-state index is 0.403. The standard InChI is InChI=1S/C28H31N7O/c1-2-35-19-25(27(33-35)21-5-3-11-29-16-21)26-9-12-30-28(32-26)31-23-8-7-22-17-34(13-10-20(22)15-23)18-24-6-4-14-36-24/h3,5,7-9,11-12,15-16,19,24H,2,4,6,10,13-14,17-18H2,1H3,(H,30,31,32). The van der Waals surface area contributed by atoms with Crippen molar-refractivity contribution < 1.29 is 4.74 Å². The largest absolute Gasteiger partial charge is 0.377 e. The highest BCUT2D eigenvalue weighted by Crippen LogP contribution is 2.31. The maximum Gasteiger partial charge on any atom is 0.227 e. The second-order valence-electron chi connectivity index (χ2n) is 9.48. The van der Waals surface area contributed by atoms with Gasteiger partial charge in [0.15, 0.2) is 0 Å². The first-order chi connectivity index (χ1) is 17.7. The van der Waals surface area contributed by atoms with Crippen LogP contribution < -0.4 is 5.32 Å². The lowest BCUT2D eigenvalue weighted by Gasteiger charge is -2.30. The van der Waals surface area contributed by atoms with Gasteiger partial charge in [-0.25, -0.2) is 9.97 Å². The molecule has 0 bridgehead atoms. The molecule has 1 N–H and O–H groups in total. The van der Waals surface area contributed by atoms with Gasteiger partial charge in [-0.2, -0.15) is 5.10 Å². The van der Waals surface area contributed by atoms with Crippen LogP contribution in [0, 0.1) is 0 Å². The number of nitrogens with zero attached hydrogens (tertiary/aromatic N) is 6. The van der Waals surface area contributed by atoms with Crippen molar-refractivity contribution in [2.45, 2.75) is 45.4 Å². The number of benzene rings is 1. The first kappa shape index (κ1) is 22.8. The van der Waals surface area contributed by atoms with Crippen LogP contribution in [0.25, 0.3) is 22.5 Å². The first-order valence-electron chi connectivity index (χ1n) is 12.8. The Morgan fingerprint density at radius 2 is 2.11 bits per heavy atom. The van der Waals surface area contributed by atoms with E-state index >= 15 is 0 Å². The van der Waals surface area contributed by atoms with Gasteiger partial charge in [0, 0.05) is 74.4 Å². The van der Waals surface area contributed by atoms with Crippen LogP contribution in [0.3, 0.4) is 0 Å². The molecule has 5 heterocycles. The van der Waals surface area contributed by atoms with Crippen LogP contribution in [-0.4, -0.2) is 55.4 Å². The maximum absolute atomic E-state index is 5.84. The van der Waals surface area contributed by atoms with Crippen LogP contribution in [0.5, 0.6) is 0 Å². The molecule has 0 amide bonds. The molecule has 2 aliphatic rings. The summed E-state index contributed by atoms with van der Waals surface area (Å²) in [7, 11) is 0. The average Bonchev–Trinajstić information content (AvgIpc) is 3.60. The molecule has 0 spiro atoms. The Morgan fingerprint density at radius 3 is 2.94 bits per heavy atom. The van der Waals surface area contributed by atoms with Crippen molar-refractivity contribution in [1.82, 2.24) is 29.6 Å². The molecule has 0 radical (unpaired) electrons. The highest BCUT2D eigenvalue weighted by Gasteiger charge is 2.23. The molecule has 8 heteroatoms. The van der Waals surface area contributed by atoms with Gasteiger partial charge in [0.25, 0.3) is 0 Å². The van der Waals surface area contributed by atoms with Crippen molar-refractivity contribution in [3.8, 4) is 22.5 Å². The summed E-state index contributed by atoms with van der Waals surface area (Å²) < 4.78 is 7.77. The van der Waals surface area contributed by atoms with Gasteiger partial charge in [0.2, 0.25) is 5.95 Å². The third-order valence-electron chi connectivity index (χ3n) is 6.99. The van der Waals surface area contributed by atoms with Crippen molar-refractivity contribution in [1.29, 1.82) is 0 Å². The lowest BCUT2D eigenvalue weighted by molar-refractivity contribution is 0.0688. The highest BCUT2D eigenvalue weighted by molar-refractivity contribution is 5.78. The van der Waals surface area contributed by atoms with E-state index in [2.05, 4.69) is 45.3 Å². The molecular weight excluding hydrogens is 450 g/mol. The second-order valence-corrected chi connectivity index (χ2v) is 9.48. The minimum atomic E-state index is 0.403. The molecule has 1 atom stereocenters. The normalized spacial score (nSPS) is 17.8. The number of rotatable bonds is 7. The molecule has 3 aromatic heterocycles. The van der Waals surface area contributed by atoms with Crippen LogP contribution in [0.15, 0.2) is 61.2 Å². The van der Waals surface area contributed by atoms with E-state index in [0.717, 1.165) is 67.4 Å². The summed E-state index contributed by atoms with van der Waals surface area (Å²) >= 11 is 0. The van der Waals surface area contributed by atoms with E-state index < -0.39 is 0 Å². The maximum atomic E-state index is 5.84. The summed E-state index contributed by atoms with van der Waals surface area (Å²) in [5.74, 6) is 0.574. The zero-order valence-electron chi connectivity index (χ0n) is 20.6. The summed E-state index contributed by atoms with van der Waals surface area (Å²) in [5, 5.41) is 8.18. The lowest BCUT2D eigenvalue weighted by atomic mass is 9.98. The molecule has 1 fully saturated rings. The fourth-order valence-electron chi connectivity index (χ4n) is 5.11. The molecule has 184 valence electrons. The van der Waals surface area contributed by atoms with Gasteiger partial charge in [-0.05, 0) is 67.6 Å². The van der Waals surface area contributed by atoms with Crippen molar-refractivity contribution in [2.75, 3.05) is 25.0 Å². The second kappa shape index (κ2) is 10.2. The average molecular weight is 482 g/mol. The van der Waals surface area contributed by atoms with E-state index in [1.807, 2.05) is 35.3 Å². The Morgan fingerprint density at radius 1 is 1.14 bits per heavy atom. The topological polar surface area (TPSA) is 81.0 Å². The number of nitrogens with one attached hydrogen (secondary N) is 1. The molecule has 4 aromatic rings. The number of ether oxygens (including phenoxy) is 1. The number of fused-ring (bicyclic) bond motifs is 1. The summed E-state index contributed by atoms with van der Waals surface area (Å²) in [5.41, 5.74) is 7.43. The summed E-state index contributed by atoms with van der Waals surface area (Å²) in [4.78, 5) is 16.1. The third kappa shape index (κ3) is 4.87. The van der Waals surface area contributed by atoms with Crippen LogP contribution in [0.1, 0.15) is 30.9 Å².